The maximum absolute atomic E-state index is 10.4. The Morgan fingerprint density at radius 2 is 1.20 bits per heavy atom. The van der Waals surface area contributed by atoms with E-state index >= 15 is 0 Å². The summed E-state index contributed by atoms with van der Waals surface area (Å²) >= 11 is 10.2. The Morgan fingerprint density at radius 1 is 1.00 bits per heavy atom. The van der Waals surface area contributed by atoms with Crippen LogP contribution < -0.4 is 0 Å². The first-order valence-electron chi connectivity index (χ1n) is 2.85. The SMILES string of the molecule is C[C@@H](C(=O)Cl)[C@@H](C)C(=O)Cl. The van der Waals surface area contributed by atoms with E-state index < -0.39 is 22.3 Å². The molecule has 0 saturated carbocycles. The second kappa shape index (κ2) is 3.94. The van der Waals surface area contributed by atoms with Gasteiger partial charge in [0.1, 0.15) is 0 Å². The van der Waals surface area contributed by atoms with Gasteiger partial charge in [0, 0.05) is 11.8 Å². The second-order valence-corrected chi connectivity index (χ2v) is 2.93. The lowest BCUT2D eigenvalue weighted by Crippen LogP contribution is -2.19. The molecule has 0 unspecified atom stereocenters. The smallest absolute Gasteiger partial charge is 0.225 e. The summed E-state index contributed by atoms with van der Waals surface area (Å²) in [4.78, 5) is 20.9. The highest BCUT2D eigenvalue weighted by Gasteiger charge is 2.22. The number of carbonyl (C=O) groups is 2. The van der Waals surface area contributed by atoms with Gasteiger partial charge in [0.05, 0.1) is 0 Å². The van der Waals surface area contributed by atoms with Crippen LogP contribution in [0.1, 0.15) is 13.8 Å². The van der Waals surface area contributed by atoms with Gasteiger partial charge in [0.15, 0.2) is 0 Å². The van der Waals surface area contributed by atoms with E-state index in [0.717, 1.165) is 0 Å². The summed E-state index contributed by atoms with van der Waals surface area (Å²) < 4.78 is 0. The van der Waals surface area contributed by atoms with Gasteiger partial charge in [-0.1, -0.05) is 13.8 Å². The van der Waals surface area contributed by atoms with Crippen molar-refractivity contribution in [3.05, 3.63) is 0 Å². The summed E-state index contributed by atoms with van der Waals surface area (Å²) in [6, 6.07) is 0. The Labute approximate surface area is 69.5 Å². The zero-order valence-corrected chi connectivity index (χ0v) is 7.24. The average Bonchev–Trinajstić information content (AvgIpc) is 1.84. The molecule has 0 fully saturated rings. The monoisotopic (exact) mass is 182 g/mol. The Hall–Kier alpha value is -0.0800. The molecular formula is C6H8Cl2O2. The van der Waals surface area contributed by atoms with E-state index in [2.05, 4.69) is 0 Å². The van der Waals surface area contributed by atoms with Gasteiger partial charge in [0.25, 0.3) is 0 Å². The van der Waals surface area contributed by atoms with Gasteiger partial charge in [-0.3, -0.25) is 9.59 Å². The highest BCUT2D eigenvalue weighted by molar-refractivity contribution is 6.66. The van der Waals surface area contributed by atoms with Gasteiger partial charge in [0.2, 0.25) is 10.5 Å². The zero-order valence-electron chi connectivity index (χ0n) is 5.73. The van der Waals surface area contributed by atoms with Crippen LogP contribution in [0, 0.1) is 11.8 Å². The van der Waals surface area contributed by atoms with E-state index in [1.54, 1.807) is 13.8 Å². The molecule has 2 nitrogen and oxygen atoms in total. The van der Waals surface area contributed by atoms with Crippen molar-refractivity contribution in [2.45, 2.75) is 13.8 Å². The molecule has 0 saturated heterocycles. The minimum absolute atomic E-state index is 0.494. The first-order valence-corrected chi connectivity index (χ1v) is 3.61. The minimum atomic E-state index is -0.526. The lowest BCUT2D eigenvalue weighted by Gasteiger charge is -2.09. The summed E-state index contributed by atoms with van der Waals surface area (Å²) in [6.45, 7) is 3.14. The third kappa shape index (κ3) is 2.67. The van der Waals surface area contributed by atoms with Crippen LogP contribution >= 0.6 is 23.2 Å². The third-order valence-corrected chi connectivity index (χ3v) is 2.15. The van der Waals surface area contributed by atoms with Crippen LogP contribution in [0.4, 0.5) is 0 Å². The Balaban J connectivity index is 4.07. The van der Waals surface area contributed by atoms with Gasteiger partial charge in [-0.25, -0.2) is 0 Å². The average molecular weight is 183 g/mol. The summed E-state index contributed by atoms with van der Waals surface area (Å²) in [7, 11) is 0. The fourth-order valence-electron chi connectivity index (χ4n) is 0.393. The molecule has 0 N–H and O–H groups in total. The van der Waals surface area contributed by atoms with E-state index in [4.69, 9.17) is 23.2 Å². The summed E-state index contributed by atoms with van der Waals surface area (Å²) in [6.07, 6.45) is 0. The first-order chi connectivity index (χ1) is 4.46. The molecule has 0 aliphatic carbocycles. The molecule has 0 radical (unpaired) electrons. The van der Waals surface area contributed by atoms with Crippen molar-refractivity contribution in [1.82, 2.24) is 0 Å². The standard InChI is InChI=1S/C6H8Cl2O2/c1-3(5(7)9)4(2)6(8)10/h3-4H,1-2H3/t3-,4-/m1/s1. The van der Waals surface area contributed by atoms with Crippen molar-refractivity contribution in [1.29, 1.82) is 0 Å². The number of carbonyl (C=O) groups excluding carboxylic acids is 2. The van der Waals surface area contributed by atoms with Crippen molar-refractivity contribution in [2.75, 3.05) is 0 Å². The Morgan fingerprint density at radius 3 is 1.30 bits per heavy atom. The zero-order chi connectivity index (χ0) is 8.31. The highest BCUT2D eigenvalue weighted by Crippen LogP contribution is 2.16. The molecule has 4 heteroatoms. The van der Waals surface area contributed by atoms with E-state index in [-0.39, 0.29) is 0 Å². The van der Waals surface area contributed by atoms with Crippen molar-refractivity contribution >= 4 is 33.7 Å². The molecule has 0 heterocycles. The van der Waals surface area contributed by atoms with Crippen molar-refractivity contribution in [2.24, 2.45) is 11.8 Å². The van der Waals surface area contributed by atoms with Gasteiger partial charge < -0.3 is 0 Å². The molecule has 0 aliphatic rings. The molecule has 0 aromatic carbocycles. The van der Waals surface area contributed by atoms with E-state index in [1.807, 2.05) is 0 Å². The highest BCUT2D eigenvalue weighted by atomic mass is 35.5. The van der Waals surface area contributed by atoms with Crippen LogP contribution in [0.3, 0.4) is 0 Å². The molecule has 2 atom stereocenters. The number of halogens is 2. The topological polar surface area (TPSA) is 34.1 Å². The second-order valence-electron chi connectivity index (χ2n) is 2.19. The quantitative estimate of drug-likeness (QED) is 0.625. The first kappa shape index (κ1) is 9.92. The number of rotatable bonds is 3. The normalized spacial score (nSPS) is 16.0. The van der Waals surface area contributed by atoms with Crippen LogP contribution in [0.2, 0.25) is 0 Å². The molecule has 0 amide bonds. The summed E-state index contributed by atoms with van der Waals surface area (Å²) in [5, 5.41) is -1.05. The van der Waals surface area contributed by atoms with Crippen molar-refractivity contribution in [3.63, 3.8) is 0 Å². The van der Waals surface area contributed by atoms with Crippen LogP contribution in [-0.4, -0.2) is 10.5 Å². The maximum atomic E-state index is 10.4. The molecular weight excluding hydrogens is 175 g/mol. The molecule has 0 rings (SSSR count). The van der Waals surface area contributed by atoms with E-state index in [1.165, 1.54) is 0 Å². The molecule has 58 valence electrons. The van der Waals surface area contributed by atoms with Crippen LogP contribution in [0.15, 0.2) is 0 Å². The summed E-state index contributed by atoms with van der Waals surface area (Å²) in [5.41, 5.74) is 0. The predicted molar refractivity (Wildman–Crippen MR) is 40.0 cm³/mol. The van der Waals surface area contributed by atoms with Gasteiger partial charge in [-0.2, -0.15) is 0 Å². The third-order valence-electron chi connectivity index (χ3n) is 1.47. The lowest BCUT2D eigenvalue weighted by molar-refractivity contribution is -0.122. The van der Waals surface area contributed by atoms with Gasteiger partial charge in [-0.15, -0.1) is 0 Å². The largest absolute Gasteiger partial charge is 0.281 e. The molecule has 0 aliphatic heterocycles. The maximum Gasteiger partial charge on any atom is 0.225 e. The van der Waals surface area contributed by atoms with Crippen LogP contribution in [0.25, 0.3) is 0 Å². The van der Waals surface area contributed by atoms with Crippen molar-refractivity contribution < 1.29 is 9.59 Å². The summed E-state index contributed by atoms with van der Waals surface area (Å²) in [5.74, 6) is -0.988. The number of hydrogen-bond acceptors (Lipinski definition) is 2. The van der Waals surface area contributed by atoms with E-state index in [9.17, 15) is 9.59 Å². The Kier molecular flexibility index (Phi) is 3.91. The predicted octanol–water partition coefficient (Wildman–Crippen LogP) is 1.79. The lowest BCUT2D eigenvalue weighted by atomic mass is 9.99. The molecule has 0 bridgehead atoms. The van der Waals surface area contributed by atoms with E-state index in [0.29, 0.717) is 0 Å². The van der Waals surface area contributed by atoms with Crippen molar-refractivity contribution in [3.8, 4) is 0 Å². The molecule has 0 aromatic rings. The molecule has 0 aromatic heterocycles. The molecule has 0 spiro atoms. The fourth-order valence-corrected chi connectivity index (χ4v) is 0.771. The molecule has 10 heavy (non-hydrogen) atoms. The van der Waals surface area contributed by atoms with Crippen LogP contribution in [0.5, 0.6) is 0 Å². The van der Waals surface area contributed by atoms with Crippen LogP contribution in [-0.2, 0) is 9.59 Å². The van der Waals surface area contributed by atoms with Gasteiger partial charge in [-0.05, 0) is 23.2 Å². The number of hydrogen-bond donors (Lipinski definition) is 0. The minimum Gasteiger partial charge on any atom is -0.281 e. The fraction of sp³-hybridized carbons (Fsp3) is 0.667. The Bertz CT molecular complexity index is 138. The van der Waals surface area contributed by atoms with Gasteiger partial charge >= 0.3 is 0 Å².